The Labute approximate surface area is 134 Å². The first-order chi connectivity index (χ1) is 10.3. The van der Waals surface area contributed by atoms with Crippen LogP contribution in [0.2, 0.25) is 0 Å². The van der Waals surface area contributed by atoms with Gasteiger partial charge in [-0.05, 0) is 48.0 Å². The molecule has 112 valence electrons. The number of aryl methyl sites for hydroxylation is 1. The highest BCUT2D eigenvalue weighted by molar-refractivity contribution is 7.98. The first kappa shape index (κ1) is 14.9. The fourth-order valence-corrected chi connectivity index (χ4v) is 5.18. The number of thiophene rings is 1. The van der Waals surface area contributed by atoms with Crippen LogP contribution < -0.4 is 10.1 Å². The van der Waals surface area contributed by atoms with E-state index in [9.17, 15) is 0 Å². The lowest BCUT2D eigenvalue weighted by Gasteiger charge is -2.17. The highest BCUT2D eigenvalue weighted by atomic mass is 32.2. The summed E-state index contributed by atoms with van der Waals surface area (Å²) in [6.07, 6.45) is 1.23. The summed E-state index contributed by atoms with van der Waals surface area (Å²) in [5.74, 6) is 3.35. The molecule has 2 aromatic rings. The zero-order valence-corrected chi connectivity index (χ0v) is 14.2. The van der Waals surface area contributed by atoms with Gasteiger partial charge in [-0.15, -0.1) is 11.3 Å². The third-order valence-corrected chi connectivity index (χ3v) is 6.10. The number of benzene rings is 1. The number of methoxy groups -OCH3 is 1. The van der Waals surface area contributed by atoms with Gasteiger partial charge in [-0.2, -0.15) is 11.8 Å². The van der Waals surface area contributed by atoms with Gasteiger partial charge in [-0.1, -0.05) is 19.1 Å². The molecule has 3 rings (SSSR count). The van der Waals surface area contributed by atoms with Gasteiger partial charge in [-0.3, -0.25) is 0 Å². The topological polar surface area (TPSA) is 21.3 Å². The molecule has 0 amide bonds. The SMILES string of the molecule is CCNC(c1ccc(OC)cc1)c1cc2c(s1)CCSC2. The fourth-order valence-electron chi connectivity index (χ4n) is 2.70. The Morgan fingerprint density at radius 2 is 2.10 bits per heavy atom. The summed E-state index contributed by atoms with van der Waals surface area (Å²) in [6, 6.07) is 11.1. The van der Waals surface area contributed by atoms with Gasteiger partial charge < -0.3 is 10.1 Å². The van der Waals surface area contributed by atoms with Gasteiger partial charge in [0.25, 0.3) is 0 Å². The standard InChI is InChI=1S/C17H21NOS2/c1-3-18-17(12-4-6-14(19-2)7-5-12)16-10-13-11-20-9-8-15(13)21-16/h4-7,10,17-18H,3,8-9,11H2,1-2H3. The van der Waals surface area contributed by atoms with E-state index in [4.69, 9.17) is 4.74 Å². The van der Waals surface area contributed by atoms with Crippen molar-refractivity contribution in [3.63, 3.8) is 0 Å². The van der Waals surface area contributed by atoms with Crippen molar-refractivity contribution in [3.8, 4) is 5.75 Å². The molecule has 0 bridgehead atoms. The second-order valence-corrected chi connectivity index (χ2v) is 7.44. The summed E-state index contributed by atoms with van der Waals surface area (Å²) in [5.41, 5.74) is 2.85. The second-order valence-electron chi connectivity index (χ2n) is 5.16. The van der Waals surface area contributed by atoms with Crippen molar-refractivity contribution in [1.82, 2.24) is 5.32 Å². The number of hydrogen-bond donors (Lipinski definition) is 1. The van der Waals surface area contributed by atoms with E-state index >= 15 is 0 Å². The highest BCUT2D eigenvalue weighted by Crippen LogP contribution is 2.36. The van der Waals surface area contributed by atoms with Gasteiger partial charge in [0.15, 0.2) is 0 Å². The number of nitrogens with one attached hydrogen (secondary N) is 1. The normalized spacial score (nSPS) is 15.5. The lowest BCUT2D eigenvalue weighted by molar-refractivity contribution is 0.414. The van der Waals surface area contributed by atoms with Gasteiger partial charge in [0.2, 0.25) is 0 Å². The molecule has 0 saturated heterocycles. The van der Waals surface area contributed by atoms with Gasteiger partial charge in [0, 0.05) is 15.5 Å². The number of hydrogen-bond acceptors (Lipinski definition) is 4. The number of thioether (sulfide) groups is 1. The number of rotatable bonds is 5. The van der Waals surface area contributed by atoms with Crippen molar-refractivity contribution < 1.29 is 4.74 Å². The van der Waals surface area contributed by atoms with Gasteiger partial charge in [-0.25, -0.2) is 0 Å². The molecule has 0 saturated carbocycles. The van der Waals surface area contributed by atoms with E-state index in [0.717, 1.165) is 12.3 Å². The van der Waals surface area contributed by atoms with Gasteiger partial charge >= 0.3 is 0 Å². The molecule has 1 unspecified atom stereocenters. The molecular weight excluding hydrogens is 298 g/mol. The van der Waals surface area contributed by atoms with Crippen LogP contribution in [0.5, 0.6) is 5.75 Å². The first-order valence-corrected chi connectivity index (χ1v) is 9.35. The van der Waals surface area contributed by atoms with Crippen LogP contribution in [0.3, 0.4) is 0 Å². The van der Waals surface area contributed by atoms with Crippen molar-refractivity contribution in [1.29, 1.82) is 0 Å². The molecule has 0 spiro atoms. The molecule has 2 heterocycles. The Kier molecular flexibility index (Phi) is 4.88. The summed E-state index contributed by atoms with van der Waals surface area (Å²) in [7, 11) is 1.71. The first-order valence-electron chi connectivity index (χ1n) is 7.38. The molecule has 1 aromatic heterocycles. The van der Waals surface area contributed by atoms with Crippen LogP contribution in [0.25, 0.3) is 0 Å². The third kappa shape index (κ3) is 3.28. The van der Waals surface area contributed by atoms with Gasteiger partial charge in [0.05, 0.1) is 13.2 Å². The Hall–Kier alpha value is -0.970. The minimum Gasteiger partial charge on any atom is -0.497 e. The van der Waals surface area contributed by atoms with Crippen molar-refractivity contribution in [3.05, 3.63) is 51.2 Å². The molecule has 4 heteroatoms. The van der Waals surface area contributed by atoms with Crippen LogP contribution in [-0.4, -0.2) is 19.4 Å². The Bertz CT molecular complexity index is 568. The quantitative estimate of drug-likeness (QED) is 0.890. The average Bonchev–Trinajstić information content (AvgIpc) is 2.96. The van der Waals surface area contributed by atoms with Crippen LogP contribution in [0.1, 0.15) is 33.8 Å². The molecule has 21 heavy (non-hydrogen) atoms. The van der Waals surface area contributed by atoms with Crippen LogP contribution in [0.15, 0.2) is 30.3 Å². The predicted molar refractivity (Wildman–Crippen MR) is 92.7 cm³/mol. The van der Waals surface area contributed by atoms with E-state index in [1.54, 1.807) is 17.6 Å². The maximum atomic E-state index is 5.26. The average molecular weight is 319 g/mol. The summed E-state index contributed by atoms with van der Waals surface area (Å²) in [6.45, 7) is 3.13. The van der Waals surface area contributed by atoms with Crippen molar-refractivity contribution in [2.45, 2.75) is 25.1 Å². The molecule has 2 nitrogen and oxygen atoms in total. The van der Waals surface area contributed by atoms with E-state index < -0.39 is 0 Å². The minimum atomic E-state index is 0.293. The van der Waals surface area contributed by atoms with Crippen LogP contribution in [-0.2, 0) is 12.2 Å². The van der Waals surface area contributed by atoms with Crippen LogP contribution >= 0.6 is 23.1 Å². The molecular formula is C17H21NOS2. The zero-order valence-electron chi connectivity index (χ0n) is 12.5. The van der Waals surface area contributed by atoms with Crippen molar-refractivity contribution >= 4 is 23.1 Å². The Balaban J connectivity index is 1.90. The molecule has 1 atom stereocenters. The van der Waals surface area contributed by atoms with E-state index in [2.05, 4.69) is 30.4 Å². The number of ether oxygens (including phenoxy) is 1. The van der Waals surface area contributed by atoms with E-state index in [1.165, 1.54) is 28.4 Å². The molecule has 0 fully saturated rings. The Morgan fingerprint density at radius 1 is 1.29 bits per heavy atom. The summed E-state index contributed by atoms with van der Waals surface area (Å²) < 4.78 is 5.26. The molecule has 1 aromatic carbocycles. The number of fused-ring (bicyclic) bond motifs is 1. The van der Waals surface area contributed by atoms with E-state index in [-0.39, 0.29) is 0 Å². The van der Waals surface area contributed by atoms with Crippen molar-refractivity contribution in [2.75, 3.05) is 19.4 Å². The molecule has 0 radical (unpaired) electrons. The predicted octanol–water partition coefficient (Wildman–Crippen LogP) is 4.24. The largest absolute Gasteiger partial charge is 0.497 e. The van der Waals surface area contributed by atoms with E-state index in [0.29, 0.717) is 6.04 Å². The smallest absolute Gasteiger partial charge is 0.118 e. The third-order valence-electron chi connectivity index (χ3n) is 3.79. The lowest BCUT2D eigenvalue weighted by atomic mass is 10.0. The van der Waals surface area contributed by atoms with Crippen molar-refractivity contribution in [2.24, 2.45) is 0 Å². The Morgan fingerprint density at radius 3 is 2.76 bits per heavy atom. The molecule has 1 aliphatic rings. The lowest BCUT2D eigenvalue weighted by Crippen LogP contribution is -2.21. The monoisotopic (exact) mass is 319 g/mol. The summed E-state index contributed by atoms with van der Waals surface area (Å²) in [5, 5.41) is 3.62. The molecule has 1 aliphatic heterocycles. The van der Waals surface area contributed by atoms with Gasteiger partial charge in [0.1, 0.15) is 5.75 Å². The second kappa shape index (κ2) is 6.86. The maximum Gasteiger partial charge on any atom is 0.118 e. The molecule has 0 aliphatic carbocycles. The summed E-state index contributed by atoms with van der Waals surface area (Å²) >= 11 is 4.03. The van der Waals surface area contributed by atoms with Crippen LogP contribution in [0, 0.1) is 0 Å². The van der Waals surface area contributed by atoms with E-state index in [1.807, 2.05) is 35.2 Å². The minimum absolute atomic E-state index is 0.293. The van der Waals surface area contributed by atoms with Crippen LogP contribution in [0.4, 0.5) is 0 Å². The fraction of sp³-hybridized carbons (Fsp3) is 0.412. The summed E-state index contributed by atoms with van der Waals surface area (Å²) in [4.78, 5) is 3.02. The maximum absolute atomic E-state index is 5.26. The molecule has 1 N–H and O–H groups in total. The zero-order chi connectivity index (χ0) is 14.7. The highest BCUT2D eigenvalue weighted by Gasteiger charge is 2.20.